The number of carbonyl (C=O) groups excluding carboxylic acids is 2. The Morgan fingerprint density at radius 2 is 1.69 bits per heavy atom. The lowest BCUT2D eigenvalue weighted by Crippen LogP contribution is -2.39. The molecule has 1 amide bonds. The summed E-state index contributed by atoms with van der Waals surface area (Å²) in [6.07, 6.45) is 3.21. The van der Waals surface area contributed by atoms with Crippen LogP contribution in [0.5, 0.6) is 5.75 Å². The number of benzene rings is 2. The van der Waals surface area contributed by atoms with E-state index in [2.05, 4.69) is 0 Å². The first-order chi connectivity index (χ1) is 12.4. The highest BCUT2D eigenvalue weighted by Crippen LogP contribution is 2.14. The number of hydrogen-bond donors (Lipinski definition) is 0. The van der Waals surface area contributed by atoms with Gasteiger partial charge in [-0.2, -0.15) is 0 Å². The number of ether oxygens (including phenoxy) is 1. The Kier molecular flexibility index (Phi) is 6.73. The van der Waals surface area contributed by atoms with Crippen molar-refractivity contribution in [2.24, 2.45) is 0 Å². The largest absolute Gasteiger partial charge is 0.494 e. The minimum atomic E-state index is -0.532. The van der Waals surface area contributed by atoms with Crippen LogP contribution >= 0.6 is 0 Å². The number of ketones is 1. The van der Waals surface area contributed by atoms with Gasteiger partial charge in [-0.15, -0.1) is 0 Å². The van der Waals surface area contributed by atoms with Gasteiger partial charge in [-0.25, -0.2) is 0 Å². The molecule has 4 nitrogen and oxygen atoms in total. The molecule has 136 valence electrons. The molecule has 0 aromatic heterocycles. The number of carbonyl (C=O) groups is 2. The van der Waals surface area contributed by atoms with Gasteiger partial charge in [-0.1, -0.05) is 42.0 Å². The molecule has 2 rings (SSSR count). The van der Waals surface area contributed by atoms with Gasteiger partial charge in [0.05, 0.1) is 12.6 Å². The maximum Gasteiger partial charge on any atom is 0.246 e. The fourth-order valence-corrected chi connectivity index (χ4v) is 2.45. The van der Waals surface area contributed by atoms with Crippen LogP contribution in [0.25, 0.3) is 6.08 Å². The minimum absolute atomic E-state index is 0.0738. The van der Waals surface area contributed by atoms with Gasteiger partial charge in [-0.3, -0.25) is 9.59 Å². The minimum Gasteiger partial charge on any atom is -0.494 e. The maximum absolute atomic E-state index is 12.5. The molecule has 26 heavy (non-hydrogen) atoms. The van der Waals surface area contributed by atoms with Crippen LogP contribution in [-0.4, -0.2) is 36.3 Å². The van der Waals surface area contributed by atoms with E-state index in [4.69, 9.17) is 4.74 Å². The number of Topliss-reactive ketones (excluding diaryl/α,β-unsaturated/α-hetero) is 1. The summed E-state index contributed by atoms with van der Waals surface area (Å²) in [5.41, 5.74) is 2.60. The van der Waals surface area contributed by atoms with E-state index in [1.54, 1.807) is 32.2 Å². The molecule has 0 N–H and O–H groups in total. The quantitative estimate of drug-likeness (QED) is 0.556. The predicted octanol–water partition coefficient (Wildman–Crippen LogP) is 4.14. The zero-order chi connectivity index (χ0) is 19.1. The number of aryl methyl sites for hydroxylation is 1. The normalized spacial score (nSPS) is 12.0. The van der Waals surface area contributed by atoms with E-state index >= 15 is 0 Å². The first kappa shape index (κ1) is 19.4. The van der Waals surface area contributed by atoms with Crippen molar-refractivity contribution >= 4 is 17.8 Å². The van der Waals surface area contributed by atoms with Gasteiger partial charge in [0.25, 0.3) is 0 Å². The summed E-state index contributed by atoms with van der Waals surface area (Å²) < 4.78 is 5.40. The highest BCUT2D eigenvalue weighted by Gasteiger charge is 2.22. The van der Waals surface area contributed by atoms with E-state index in [1.165, 1.54) is 11.0 Å². The van der Waals surface area contributed by atoms with E-state index in [0.29, 0.717) is 12.2 Å². The van der Waals surface area contributed by atoms with Crippen LogP contribution in [0.2, 0.25) is 0 Å². The van der Waals surface area contributed by atoms with Gasteiger partial charge in [0.1, 0.15) is 5.75 Å². The molecule has 2 aromatic carbocycles. The number of rotatable bonds is 7. The van der Waals surface area contributed by atoms with E-state index in [1.807, 2.05) is 50.2 Å². The van der Waals surface area contributed by atoms with Crippen molar-refractivity contribution in [3.63, 3.8) is 0 Å². The summed E-state index contributed by atoms with van der Waals surface area (Å²) in [5.74, 6) is 0.507. The van der Waals surface area contributed by atoms with Crippen molar-refractivity contribution in [2.45, 2.75) is 26.8 Å². The number of amides is 1. The smallest absolute Gasteiger partial charge is 0.246 e. The van der Waals surface area contributed by atoms with E-state index in [-0.39, 0.29) is 11.7 Å². The molecule has 0 aliphatic rings. The van der Waals surface area contributed by atoms with Crippen molar-refractivity contribution in [2.75, 3.05) is 13.7 Å². The Morgan fingerprint density at radius 3 is 2.27 bits per heavy atom. The Morgan fingerprint density at radius 1 is 1.08 bits per heavy atom. The third-order valence-corrected chi connectivity index (χ3v) is 4.25. The van der Waals surface area contributed by atoms with Crippen LogP contribution in [0.1, 0.15) is 35.3 Å². The second-order valence-corrected chi connectivity index (χ2v) is 6.19. The Labute approximate surface area is 155 Å². The second-order valence-electron chi connectivity index (χ2n) is 6.19. The number of hydrogen-bond acceptors (Lipinski definition) is 3. The van der Waals surface area contributed by atoms with Crippen LogP contribution in [0, 0.1) is 6.92 Å². The molecule has 1 unspecified atom stereocenters. The SMILES string of the molecule is CCOc1ccc(/C=C/C(=O)N(C)C(C)C(=O)c2ccc(C)cc2)cc1. The number of nitrogens with zero attached hydrogens (tertiary/aromatic N) is 1. The van der Waals surface area contributed by atoms with Crippen molar-refractivity contribution in [1.82, 2.24) is 4.90 Å². The molecule has 0 saturated carbocycles. The first-order valence-corrected chi connectivity index (χ1v) is 8.71. The standard InChI is InChI=1S/C22H25NO3/c1-5-26-20-13-8-18(9-14-20)10-15-21(24)23(4)17(3)22(25)19-11-6-16(2)7-12-19/h6-15,17H,5H2,1-4H3/b15-10+. The van der Waals surface area contributed by atoms with E-state index < -0.39 is 6.04 Å². The van der Waals surface area contributed by atoms with Gasteiger partial charge >= 0.3 is 0 Å². The Bertz CT molecular complexity index is 776. The molecule has 4 heteroatoms. The van der Waals surface area contributed by atoms with Gasteiger partial charge in [0, 0.05) is 18.7 Å². The summed E-state index contributed by atoms with van der Waals surface area (Å²) in [4.78, 5) is 26.4. The summed E-state index contributed by atoms with van der Waals surface area (Å²) >= 11 is 0. The molecular weight excluding hydrogens is 326 g/mol. The highest BCUT2D eigenvalue weighted by molar-refractivity contribution is 6.03. The summed E-state index contributed by atoms with van der Waals surface area (Å²) in [7, 11) is 1.64. The second kappa shape index (κ2) is 8.99. The molecule has 0 heterocycles. The molecule has 0 aliphatic carbocycles. The lowest BCUT2D eigenvalue weighted by molar-refractivity contribution is -0.125. The molecule has 0 saturated heterocycles. The zero-order valence-electron chi connectivity index (χ0n) is 15.7. The summed E-state index contributed by atoms with van der Waals surface area (Å²) in [5, 5.41) is 0. The molecule has 0 aliphatic heterocycles. The van der Waals surface area contributed by atoms with E-state index in [0.717, 1.165) is 16.9 Å². The Balaban J connectivity index is 2.01. The van der Waals surface area contributed by atoms with E-state index in [9.17, 15) is 9.59 Å². The maximum atomic E-state index is 12.5. The highest BCUT2D eigenvalue weighted by atomic mass is 16.5. The zero-order valence-corrected chi connectivity index (χ0v) is 15.7. The monoisotopic (exact) mass is 351 g/mol. The van der Waals surface area contributed by atoms with Gasteiger partial charge in [-0.05, 0) is 44.5 Å². The average molecular weight is 351 g/mol. The molecule has 2 aromatic rings. The topological polar surface area (TPSA) is 46.6 Å². The van der Waals surface area contributed by atoms with Crippen LogP contribution in [-0.2, 0) is 4.79 Å². The first-order valence-electron chi connectivity index (χ1n) is 8.71. The molecule has 0 fully saturated rings. The van der Waals surface area contributed by atoms with Gasteiger partial charge in [0.2, 0.25) is 5.91 Å². The molecule has 0 bridgehead atoms. The lowest BCUT2D eigenvalue weighted by Gasteiger charge is -2.22. The number of likely N-dealkylation sites (N-methyl/N-ethyl adjacent to an activating group) is 1. The molecule has 0 spiro atoms. The summed E-state index contributed by atoms with van der Waals surface area (Å²) in [6, 6.07) is 14.3. The third kappa shape index (κ3) is 5.06. The molecule has 1 atom stereocenters. The van der Waals surface area contributed by atoms with Crippen molar-refractivity contribution < 1.29 is 14.3 Å². The van der Waals surface area contributed by atoms with Crippen LogP contribution in [0.3, 0.4) is 0 Å². The van der Waals surface area contributed by atoms with Crippen molar-refractivity contribution in [3.05, 3.63) is 71.3 Å². The van der Waals surface area contributed by atoms with Gasteiger partial charge < -0.3 is 9.64 Å². The Hall–Kier alpha value is -2.88. The van der Waals surface area contributed by atoms with Gasteiger partial charge in [0.15, 0.2) is 5.78 Å². The lowest BCUT2D eigenvalue weighted by atomic mass is 10.0. The fraction of sp³-hybridized carbons (Fsp3) is 0.273. The fourth-order valence-electron chi connectivity index (χ4n) is 2.45. The van der Waals surface area contributed by atoms with Crippen LogP contribution < -0.4 is 4.74 Å². The average Bonchev–Trinajstić information content (AvgIpc) is 2.66. The molecular formula is C22H25NO3. The van der Waals surface area contributed by atoms with Crippen molar-refractivity contribution in [1.29, 1.82) is 0 Å². The summed E-state index contributed by atoms with van der Waals surface area (Å²) in [6.45, 7) is 6.26. The predicted molar refractivity (Wildman–Crippen MR) is 104 cm³/mol. The van der Waals surface area contributed by atoms with Crippen LogP contribution in [0.4, 0.5) is 0 Å². The third-order valence-electron chi connectivity index (χ3n) is 4.25. The molecule has 0 radical (unpaired) electrons. The van der Waals surface area contributed by atoms with Crippen LogP contribution in [0.15, 0.2) is 54.6 Å². The van der Waals surface area contributed by atoms with Crippen molar-refractivity contribution in [3.8, 4) is 5.75 Å².